The van der Waals surface area contributed by atoms with Gasteiger partial charge in [-0.2, -0.15) is 0 Å². The van der Waals surface area contributed by atoms with Crippen molar-refractivity contribution >= 4 is 23.2 Å². The van der Waals surface area contributed by atoms with Gasteiger partial charge in [0.05, 0.1) is 0 Å². The molecule has 0 unspecified atom stereocenters. The molecule has 0 aromatic heterocycles. The number of nitrogens with zero attached hydrogens (tertiary/aromatic N) is 1. The van der Waals surface area contributed by atoms with Crippen molar-refractivity contribution in [1.82, 2.24) is 0 Å². The van der Waals surface area contributed by atoms with Crippen LogP contribution in [0.2, 0.25) is 0 Å². The van der Waals surface area contributed by atoms with E-state index in [9.17, 15) is 0 Å². The summed E-state index contributed by atoms with van der Waals surface area (Å²) in [4.78, 5) is 0. The van der Waals surface area contributed by atoms with Crippen molar-refractivity contribution in [3.63, 3.8) is 0 Å². The van der Waals surface area contributed by atoms with Crippen LogP contribution in [0.3, 0.4) is 0 Å². The van der Waals surface area contributed by atoms with Crippen molar-refractivity contribution in [1.29, 1.82) is 0 Å². The van der Waals surface area contributed by atoms with E-state index >= 15 is 0 Å². The Kier molecular flexibility index (Phi) is 3.88. The Balaban J connectivity index is 1.91. The predicted molar refractivity (Wildman–Crippen MR) is 75.2 cm³/mol. The number of aryl methyl sites for hydroxylation is 1. The molecule has 1 aromatic rings. The van der Waals surface area contributed by atoms with E-state index in [1.54, 1.807) is 0 Å². The van der Waals surface area contributed by atoms with E-state index in [1.165, 1.54) is 5.56 Å². The van der Waals surface area contributed by atoms with Gasteiger partial charge in [0.1, 0.15) is 0 Å². The fourth-order valence-corrected chi connectivity index (χ4v) is 9.53. The van der Waals surface area contributed by atoms with Crippen LogP contribution in [0.5, 0.6) is 0 Å². The first kappa shape index (κ1) is 13.8. The molecule has 0 saturated carbocycles. The Morgan fingerprint density at radius 2 is 1.37 bits per heavy atom. The molecular formula is C14H22NO3Sn+. The molecule has 4 nitrogen and oxygen atoms in total. The Hall–Kier alpha value is -0.141. The Morgan fingerprint density at radius 3 is 1.84 bits per heavy atom. The third-order valence-corrected chi connectivity index (χ3v) is 12.1. The zero-order valence-corrected chi connectivity index (χ0v) is 14.6. The van der Waals surface area contributed by atoms with Crippen molar-refractivity contribution in [2.24, 2.45) is 0 Å². The van der Waals surface area contributed by atoms with Crippen LogP contribution in [-0.4, -0.2) is 70.6 Å². The zero-order valence-electron chi connectivity index (χ0n) is 11.7. The summed E-state index contributed by atoms with van der Waals surface area (Å²) in [6, 6.07) is 8.49. The monoisotopic (exact) mass is 372 g/mol. The van der Waals surface area contributed by atoms with Crippen LogP contribution in [0, 0.1) is 6.92 Å². The molecule has 1 aromatic carbocycles. The van der Waals surface area contributed by atoms with Crippen molar-refractivity contribution in [3.05, 3.63) is 29.8 Å². The number of rotatable bonds is 1. The van der Waals surface area contributed by atoms with E-state index in [1.807, 2.05) is 0 Å². The zero-order chi connectivity index (χ0) is 13.3. The van der Waals surface area contributed by atoms with Gasteiger partial charge >= 0.3 is 120 Å². The second kappa shape index (κ2) is 5.33. The SMILES string of the molecule is Cc1cc[c]([Sn]23[O]CC[N+](C)(CC[O]2)CC[O]3)cc1. The van der Waals surface area contributed by atoms with E-state index in [0.29, 0.717) is 0 Å². The summed E-state index contributed by atoms with van der Waals surface area (Å²) in [5.74, 6) is 0. The third-order valence-electron chi connectivity index (χ3n) is 4.17. The van der Waals surface area contributed by atoms with E-state index in [0.717, 1.165) is 47.5 Å². The summed E-state index contributed by atoms with van der Waals surface area (Å²) in [5.41, 5.74) is 1.26. The number of quaternary nitrogens is 1. The molecule has 104 valence electrons. The summed E-state index contributed by atoms with van der Waals surface area (Å²) >= 11 is -3.52. The van der Waals surface area contributed by atoms with Crippen LogP contribution < -0.4 is 3.58 Å². The molecule has 0 aliphatic carbocycles. The van der Waals surface area contributed by atoms with E-state index in [2.05, 4.69) is 38.2 Å². The average molecular weight is 371 g/mol. The normalized spacial score (nSPS) is 35.5. The maximum atomic E-state index is 6.18. The van der Waals surface area contributed by atoms with Crippen LogP contribution >= 0.6 is 0 Å². The summed E-state index contributed by atoms with van der Waals surface area (Å²) in [7, 11) is 2.26. The fraction of sp³-hybridized carbons (Fsp3) is 0.571. The summed E-state index contributed by atoms with van der Waals surface area (Å²) in [5, 5.41) is 0. The number of fused-ring (bicyclic) bond motifs is 6. The van der Waals surface area contributed by atoms with E-state index in [4.69, 9.17) is 9.22 Å². The van der Waals surface area contributed by atoms with Gasteiger partial charge in [0.25, 0.3) is 0 Å². The van der Waals surface area contributed by atoms with Gasteiger partial charge in [-0.05, 0) is 0 Å². The van der Waals surface area contributed by atoms with Crippen molar-refractivity contribution in [2.45, 2.75) is 6.92 Å². The molecule has 3 heterocycles. The van der Waals surface area contributed by atoms with Gasteiger partial charge in [-0.1, -0.05) is 0 Å². The van der Waals surface area contributed by atoms with E-state index in [-0.39, 0.29) is 0 Å². The molecule has 2 bridgehead atoms. The average Bonchev–Trinajstić information content (AvgIpc) is 2.33. The number of hydrogen-bond acceptors (Lipinski definition) is 3. The first-order valence-electron chi connectivity index (χ1n) is 6.95. The maximum absolute atomic E-state index is 6.18. The van der Waals surface area contributed by atoms with Gasteiger partial charge in [-0.3, -0.25) is 0 Å². The van der Waals surface area contributed by atoms with Crippen LogP contribution in [-0.2, 0) is 9.22 Å². The third kappa shape index (κ3) is 2.83. The van der Waals surface area contributed by atoms with Crippen LogP contribution in [0.1, 0.15) is 5.56 Å². The quantitative estimate of drug-likeness (QED) is 0.537. The molecule has 0 N–H and O–H groups in total. The first-order chi connectivity index (χ1) is 9.12. The Morgan fingerprint density at radius 1 is 0.895 bits per heavy atom. The molecule has 0 amide bonds. The van der Waals surface area contributed by atoms with Gasteiger partial charge < -0.3 is 0 Å². The minimum atomic E-state index is -3.52. The van der Waals surface area contributed by atoms with Gasteiger partial charge in [-0.15, -0.1) is 0 Å². The molecule has 3 aliphatic rings. The summed E-state index contributed by atoms with van der Waals surface area (Å²) in [6.07, 6.45) is 0. The van der Waals surface area contributed by atoms with Crippen LogP contribution in [0.15, 0.2) is 24.3 Å². The van der Waals surface area contributed by atoms with Gasteiger partial charge in [0, 0.05) is 0 Å². The molecule has 4 rings (SSSR count). The fourth-order valence-electron chi connectivity index (χ4n) is 2.67. The molecule has 5 heteroatoms. The standard InChI is InChI=1S/C7H15NO3.C7H7.Sn/c1-8(2-5-9,3-6-10)4-7-11;1-7-5-3-2-4-6-7;/h2-7H2,1H3;3-6H,1H3;/q-2;;+3. The Bertz CT molecular complexity index is 419. The molecule has 0 atom stereocenters. The number of likely N-dealkylation sites (N-methyl/N-ethyl adjacent to an activating group) is 1. The topological polar surface area (TPSA) is 27.7 Å². The predicted octanol–water partition coefficient (Wildman–Crippen LogP) is 0.665. The number of hydrogen-bond donors (Lipinski definition) is 0. The van der Waals surface area contributed by atoms with Crippen LogP contribution in [0.4, 0.5) is 0 Å². The van der Waals surface area contributed by atoms with Crippen molar-refractivity contribution < 1.29 is 13.7 Å². The summed E-state index contributed by atoms with van der Waals surface area (Å²) < 4.78 is 20.7. The van der Waals surface area contributed by atoms with Gasteiger partial charge in [0.15, 0.2) is 0 Å². The first-order valence-corrected chi connectivity index (χ1v) is 11.9. The molecule has 0 spiro atoms. The van der Waals surface area contributed by atoms with E-state index < -0.39 is 19.6 Å². The second-order valence-corrected chi connectivity index (χ2v) is 13.1. The summed E-state index contributed by atoms with van der Waals surface area (Å²) in [6.45, 7) is 7.55. The molecule has 3 aliphatic heterocycles. The number of benzene rings is 1. The molecule has 3 saturated heterocycles. The van der Waals surface area contributed by atoms with Gasteiger partial charge in [-0.25, -0.2) is 0 Å². The molecule has 3 fully saturated rings. The molecule has 0 radical (unpaired) electrons. The second-order valence-electron chi connectivity index (χ2n) is 5.76. The van der Waals surface area contributed by atoms with Gasteiger partial charge in [0.2, 0.25) is 0 Å². The minimum absolute atomic E-state index is 0.750. The van der Waals surface area contributed by atoms with Crippen LogP contribution in [0.25, 0.3) is 0 Å². The van der Waals surface area contributed by atoms with Crippen molar-refractivity contribution in [3.8, 4) is 0 Å². The molecular weight excluding hydrogens is 349 g/mol. The molecule has 19 heavy (non-hydrogen) atoms. The Labute approximate surface area is 120 Å². The van der Waals surface area contributed by atoms with Crippen molar-refractivity contribution in [2.75, 3.05) is 46.5 Å².